The lowest BCUT2D eigenvalue weighted by molar-refractivity contribution is 0.820. The quantitative estimate of drug-likeness (QED) is 0.722. The van der Waals surface area contributed by atoms with E-state index in [1.807, 2.05) is 12.3 Å². The number of pyridine rings is 1. The van der Waals surface area contributed by atoms with Crippen molar-refractivity contribution in [1.82, 2.24) is 4.98 Å². The Labute approximate surface area is 73.0 Å². The third-order valence-corrected chi connectivity index (χ3v) is 2.35. The number of rotatable bonds is 2. The number of aryl methyl sites for hydroxylation is 1. The molecule has 1 aliphatic rings. The average Bonchev–Trinajstić information content (AvgIpc) is 2.67. The third-order valence-electron chi connectivity index (χ3n) is 2.35. The topological polar surface area (TPSA) is 24.9 Å². The van der Waals surface area contributed by atoms with Crippen LogP contribution in [0.1, 0.15) is 25.3 Å². The SMILES string of the molecule is Cc1ccnc(NC2(C)CC2)c1. The highest BCUT2D eigenvalue weighted by Gasteiger charge is 2.37. The smallest absolute Gasteiger partial charge is 0.126 e. The Hall–Kier alpha value is -1.05. The van der Waals surface area contributed by atoms with E-state index in [4.69, 9.17) is 0 Å². The first-order valence-corrected chi connectivity index (χ1v) is 4.39. The van der Waals surface area contributed by atoms with Crippen LogP contribution < -0.4 is 5.32 Å². The van der Waals surface area contributed by atoms with Gasteiger partial charge in [0.1, 0.15) is 5.82 Å². The zero-order valence-corrected chi connectivity index (χ0v) is 7.59. The summed E-state index contributed by atoms with van der Waals surface area (Å²) in [7, 11) is 0. The van der Waals surface area contributed by atoms with E-state index < -0.39 is 0 Å². The predicted octanol–water partition coefficient (Wildman–Crippen LogP) is 2.35. The summed E-state index contributed by atoms with van der Waals surface area (Å²) in [5.74, 6) is 1.01. The Bertz CT molecular complexity index is 290. The Kier molecular flexibility index (Phi) is 1.56. The minimum Gasteiger partial charge on any atom is -0.365 e. The molecule has 1 aromatic heterocycles. The van der Waals surface area contributed by atoms with Crippen LogP contribution in [0.25, 0.3) is 0 Å². The molecule has 1 N–H and O–H groups in total. The molecule has 12 heavy (non-hydrogen) atoms. The van der Waals surface area contributed by atoms with Crippen molar-refractivity contribution < 1.29 is 0 Å². The summed E-state index contributed by atoms with van der Waals surface area (Å²) in [6.07, 6.45) is 4.38. The molecule has 2 nitrogen and oxygen atoms in total. The van der Waals surface area contributed by atoms with Gasteiger partial charge in [-0.05, 0) is 44.4 Å². The highest BCUT2D eigenvalue weighted by Crippen LogP contribution is 2.37. The number of anilines is 1. The lowest BCUT2D eigenvalue weighted by atomic mass is 10.2. The summed E-state index contributed by atoms with van der Waals surface area (Å²) in [5.41, 5.74) is 1.60. The van der Waals surface area contributed by atoms with Crippen molar-refractivity contribution in [3.63, 3.8) is 0 Å². The number of hydrogen-bond donors (Lipinski definition) is 1. The van der Waals surface area contributed by atoms with Crippen molar-refractivity contribution in [2.75, 3.05) is 5.32 Å². The van der Waals surface area contributed by atoms with Crippen LogP contribution in [-0.2, 0) is 0 Å². The van der Waals surface area contributed by atoms with Gasteiger partial charge in [-0.3, -0.25) is 0 Å². The molecule has 0 unspecified atom stereocenters. The van der Waals surface area contributed by atoms with E-state index in [1.165, 1.54) is 18.4 Å². The zero-order valence-electron chi connectivity index (χ0n) is 7.59. The summed E-state index contributed by atoms with van der Waals surface area (Å²) in [4.78, 5) is 4.25. The number of aromatic nitrogens is 1. The molecule has 0 saturated heterocycles. The maximum absolute atomic E-state index is 4.25. The van der Waals surface area contributed by atoms with Gasteiger partial charge in [-0.2, -0.15) is 0 Å². The summed E-state index contributed by atoms with van der Waals surface area (Å²) in [6.45, 7) is 4.32. The van der Waals surface area contributed by atoms with Gasteiger partial charge in [-0.15, -0.1) is 0 Å². The fraction of sp³-hybridized carbons (Fsp3) is 0.500. The Morgan fingerprint density at radius 2 is 2.25 bits per heavy atom. The normalized spacial score (nSPS) is 18.8. The van der Waals surface area contributed by atoms with Crippen LogP contribution >= 0.6 is 0 Å². The summed E-state index contributed by atoms with van der Waals surface area (Å²) in [5, 5.41) is 3.42. The van der Waals surface area contributed by atoms with E-state index in [9.17, 15) is 0 Å². The van der Waals surface area contributed by atoms with Gasteiger partial charge in [-0.1, -0.05) is 0 Å². The van der Waals surface area contributed by atoms with Gasteiger partial charge in [0.2, 0.25) is 0 Å². The zero-order chi connectivity index (χ0) is 8.60. The molecule has 2 heteroatoms. The van der Waals surface area contributed by atoms with Gasteiger partial charge in [0.05, 0.1) is 0 Å². The molecule has 0 bridgehead atoms. The molecule has 64 valence electrons. The van der Waals surface area contributed by atoms with Crippen LogP contribution in [0, 0.1) is 6.92 Å². The second-order valence-electron chi connectivity index (χ2n) is 3.90. The van der Waals surface area contributed by atoms with Crippen LogP contribution in [-0.4, -0.2) is 10.5 Å². The Morgan fingerprint density at radius 1 is 1.50 bits per heavy atom. The van der Waals surface area contributed by atoms with Gasteiger partial charge in [0.25, 0.3) is 0 Å². The second-order valence-corrected chi connectivity index (χ2v) is 3.90. The molecule has 0 atom stereocenters. The van der Waals surface area contributed by atoms with Gasteiger partial charge in [-0.25, -0.2) is 4.98 Å². The number of nitrogens with one attached hydrogen (secondary N) is 1. The van der Waals surface area contributed by atoms with Crippen molar-refractivity contribution in [3.8, 4) is 0 Å². The monoisotopic (exact) mass is 162 g/mol. The van der Waals surface area contributed by atoms with E-state index in [0.717, 1.165) is 5.82 Å². The van der Waals surface area contributed by atoms with Gasteiger partial charge < -0.3 is 5.32 Å². The molecular weight excluding hydrogens is 148 g/mol. The maximum Gasteiger partial charge on any atom is 0.126 e. The van der Waals surface area contributed by atoms with Crippen molar-refractivity contribution in [2.24, 2.45) is 0 Å². The first-order chi connectivity index (χ1) is 5.68. The van der Waals surface area contributed by atoms with E-state index in [0.29, 0.717) is 5.54 Å². The van der Waals surface area contributed by atoms with Crippen LogP contribution in [0.3, 0.4) is 0 Å². The molecule has 2 rings (SSSR count). The minimum atomic E-state index is 0.334. The standard InChI is InChI=1S/C10H14N2/c1-8-3-6-11-9(7-8)12-10(2)4-5-10/h3,6-7H,4-5H2,1-2H3,(H,11,12). The van der Waals surface area contributed by atoms with Gasteiger partial charge >= 0.3 is 0 Å². The van der Waals surface area contributed by atoms with Crippen molar-refractivity contribution >= 4 is 5.82 Å². The summed E-state index contributed by atoms with van der Waals surface area (Å²) < 4.78 is 0. The molecule has 1 heterocycles. The van der Waals surface area contributed by atoms with Gasteiger partial charge in [0.15, 0.2) is 0 Å². The first-order valence-electron chi connectivity index (χ1n) is 4.39. The largest absolute Gasteiger partial charge is 0.365 e. The van der Waals surface area contributed by atoms with Crippen molar-refractivity contribution in [2.45, 2.75) is 32.2 Å². The van der Waals surface area contributed by atoms with Crippen LogP contribution in [0.5, 0.6) is 0 Å². The highest BCUT2D eigenvalue weighted by molar-refractivity contribution is 5.41. The summed E-state index contributed by atoms with van der Waals surface area (Å²) in [6, 6.07) is 4.10. The molecule has 0 aromatic carbocycles. The van der Waals surface area contributed by atoms with E-state index >= 15 is 0 Å². The molecule has 1 fully saturated rings. The molecule has 0 radical (unpaired) electrons. The molecular formula is C10H14N2. The van der Waals surface area contributed by atoms with Crippen LogP contribution in [0.15, 0.2) is 18.3 Å². The fourth-order valence-electron chi connectivity index (χ4n) is 1.23. The molecule has 0 spiro atoms. The average molecular weight is 162 g/mol. The molecule has 1 aliphatic carbocycles. The van der Waals surface area contributed by atoms with Crippen molar-refractivity contribution in [3.05, 3.63) is 23.9 Å². The Morgan fingerprint density at radius 3 is 2.83 bits per heavy atom. The van der Waals surface area contributed by atoms with Crippen LogP contribution in [0.4, 0.5) is 5.82 Å². The fourth-order valence-corrected chi connectivity index (χ4v) is 1.23. The Balaban J connectivity index is 2.12. The molecule has 1 saturated carbocycles. The second kappa shape index (κ2) is 2.47. The lowest BCUT2D eigenvalue weighted by Gasteiger charge is -2.11. The van der Waals surface area contributed by atoms with E-state index in [-0.39, 0.29) is 0 Å². The van der Waals surface area contributed by atoms with E-state index in [2.05, 4.69) is 30.2 Å². The molecule has 1 aromatic rings. The maximum atomic E-state index is 4.25. The summed E-state index contributed by atoms with van der Waals surface area (Å²) >= 11 is 0. The van der Waals surface area contributed by atoms with Crippen LogP contribution in [0.2, 0.25) is 0 Å². The minimum absolute atomic E-state index is 0.334. The number of hydrogen-bond acceptors (Lipinski definition) is 2. The van der Waals surface area contributed by atoms with E-state index in [1.54, 1.807) is 0 Å². The molecule has 0 aliphatic heterocycles. The van der Waals surface area contributed by atoms with Crippen molar-refractivity contribution in [1.29, 1.82) is 0 Å². The highest BCUT2D eigenvalue weighted by atomic mass is 15.1. The molecule has 0 amide bonds. The number of nitrogens with zero attached hydrogens (tertiary/aromatic N) is 1. The third kappa shape index (κ3) is 1.58. The predicted molar refractivity (Wildman–Crippen MR) is 50.2 cm³/mol. The van der Waals surface area contributed by atoms with Gasteiger partial charge in [0, 0.05) is 11.7 Å². The lowest BCUT2D eigenvalue weighted by Crippen LogP contribution is -2.16. The first kappa shape index (κ1) is 7.59.